The van der Waals surface area contributed by atoms with Gasteiger partial charge in [0.25, 0.3) is 0 Å². The molecule has 8 nitrogen and oxygen atoms in total. The predicted octanol–water partition coefficient (Wildman–Crippen LogP) is 3.94. The lowest BCUT2D eigenvalue weighted by Gasteiger charge is -2.33. The maximum absolute atomic E-state index is 12.9. The second-order valence-corrected chi connectivity index (χ2v) is 8.81. The molecule has 2 fully saturated rings. The van der Waals surface area contributed by atoms with Crippen molar-refractivity contribution < 1.29 is 14.1 Å². The summed E-state index contributed by atoms with van der Waals surface area (Å²) in [7, 11) is 1.64. The van der Waals surface area contributed by atoms with Crippen LogP contribution in [0.5, 0.6) is 5.75 Å². The van der Waals surface area contributed by atoms with E-state index in [2.05, 4.69) is 25.3 Å². The summed E-state index contributed by atoms with van der Waals surface area (Å²) in [4.78, 5) is 24.4. The van der Waals surface area contributed by atoms with Gasteiger partial charge in [-0.25, -0.2) is 4.98 Å². The molecule has 0 spiro atoms. The van der Waals surface area contributed by atoms with Crippen LogP contribution >= 0.6 is 0 Å². The Morgan fingerprint density at radius 2 is 2.12 bits per heavy atom. The van der Waals surface area contributed by atoms with Crippen LogP contribution in [0.15, 0.2) is 47.1 Å². The zero-order chi connectivity index (χ0) is 22.6. The zero-order valence-corrected chi connectivity index (χ0v) is 18.9. The molecule has 1 aliphatic heterocycles. The summed E-state index contributed by atoms with van der Waals surface area (Å²) < 4.78 is 10.8. The van der Waals surface area contributed by atoms with E-state index in [0.29, 0.717) is 24.8 Å². The summed E-state index contributed by atoms with van der Waals surface area (Å²) in [5.74, 6) is 3.24. The standard InChI is InChI=1S/C25H29N5O3/c1-32-20-10-2-6-17(14-20)15-27-24(31)19-9-5-13-30(16-19)23-21(11-4-12-26-23)22-28-25(33-29-22)18-7-3-8-18/h2,4,6,10-12,14,18-19H,3,5,7-9,13,15-16H2,1H3,(H,27,31)/t19-/m0/s1. The maximum atomic E-state index is 12.9. The number of rotatable bonds is 7. The Morgan fingerprint density at radius 3 is 2.94 bits per heavy atom. The highest BCUT2D eigenvalue weighted by molar-refractivity contribution is 5.80. The Labute approximate surface area is 193 Å². The molecule has 1 aromatic carbocycles. The minimum atomic E-state index is -0.102. The van der Waals surface area contributed by atoms with Crippen molar-refractivity contribution in [1.82, 2.24) is 20.4 Å². The normalized spacial score (nSPS) is 18.6. The number of piperidine rings is 1. The van der Waals surface area contributed by atoms with Gasteiger partial charge in [-0.3, -0.25) is 4.79 Å². The van der Waals surface area contributed by atoms with Crippen molar-refractivity contribution in [2.45, 2.75) is 44.6 Å². The van der Waals surface area contributed by atoms with Crippen LogP contribution in [-0.2, 0) is 11.3 Å². The molecular weight excluding hydrogens is 418 g/mol. The van der Waals surface area contributed by atoms with E-state index in [4.69, 9.17) is 9.26 Å². The molecule has 8 heteroatoms. The van der Waals surface area contributed by atoms with Gasteiger partial charge in [-0.1, -0.05) is 23.7 Å². The van der Waals surface area contributed by atoms with Crippen LogP contribution in [0.4, 0.5) is 5.82 Å². The topological polar surface area (TPSA) is 93.4 Å². The van der Waals surface area contributed by atoms with Crippen molar-refractivity contribution >= 4 is 11.7 Å². The molecule has 172 valence electrons. The molecule has 1 atom stereocenters. The third kappa shape index (κ3) is 4.69. The fourth-order valence-electron chi connectivity index (χ4n) is 4.49. The highest BCUT2D eigenvalue weighted by Gasteiger charge is 2.30. The van der Waals surface area contributed by atoms with Gasteiger partial charge < -0.3 is 19.5 Å². The molecule has 0 bridgehead atoms. The second kappa shape index (κ2) is 9.60. The van der Waals surface area contributed by atoms with Gasteiger partial charge in [0.2, 0.25) is 17.6 Å². The molecule has 33 heavy (non-hydrogen) atoms. The summed E-state index contributed by atoms with van der Waals surface area (Å²) in [5.41, 5.74) is 1.87. The number of benzene rings is 1. The Hall–Kier alpha value is -3.42. The first-order chi connectivity index (χ1) is 16.2. The summed E-state index contributed by atoms with van der Waals surface area (Å²) in [5, 5.41) is 7.32. The number of nitrogens with one attached hydrogen (secondary N) is 1. The average Bonchev–Trinajstić information content (AvgIpc) is 3.31. The minimum absolute atomic E-state index is 0.0619. The molecular formula is C25H29N5O3. The van der Waals surface area contributed by atoms with Crippen molar-refractivity contribution in [3.8, 4) is 17.1 Å². The van der Waals surface area contributed by atoms with Gasteiger partial charge in [0.15, 0.2) is 0 Å². The summed E-state index contributed by atoms with van der Waals surface area (Å²) >= 11 is 0. The number of methoxy groups -OCH3 is 1. The zero-order valence-electron chi connectivity index (χ0n) is 18.9. The Morgan fingerprint density at radius 1 is 1.21 bits per heavy atom. The van der Waals surface area contributed by atoms with Crippen molar-refractivity contribution in [2.75, 3.05) is 25.1 Å². The van der Waals surface area contributed by atoms with Crippen LogP contribution in [0.1, 0.15) is 49.5 Å². The number of nitrogens with zero attached hydrogens (tertiary/aromatic N) is 4. The van der Waals surface area contributed by atoms with Crippen LogP contribution in [0.2, 0.25) is 0 Å². The second-order valence-electron chi connectivity index (χ2n) is 8.81. The summed E-state index contributed by atoms with van der Waals surface area (Å²) in [6.45, 7) is 1.94. The Bertz CT molecular complexity index is 1110. The van der Waals surface area contributed by atoms with E-state index in [9.17, 15) is 4.79 Å². The van der Waals surface area contributed by atoms with Crippen molar-refractivity contribution in [3.63, 3.8) is 0 Å². The summed E-state index contributed by atoms with van der Waals surface area (Å²) in [6, 6.07) is 11.6. The molecule has 1 amide bonds. The van der Waals surface area contributed by atoms with E-state index in [-0.39, 0.29) is 11.8 Å². The maximum Gasteiger partial charge on any atom is 0.230 e. The highest BCUT2D eigenvalue weighted by Crippen LogP contribution is 2.37. The number of aromatic nitrogens is 3. The largest absolute Gasteiger partial charge is 0.497 e. The third-order valence-electron chi connectivity index (χ3n) is 6.62. The number of anilines is 1. The molecule has 1 aliphatic carbocycles. The van der Waals surface area contributed by atoms with Gasteiger partial charge in [-0.15, -0.1) is 0 Å². The van der Waals surface area contributed by atoms with E-state index in [1.165, 1.54) is 6.42 Å². The molecule has 3 aromatic rings. The number of carbonyl (C=O) groups is 1. The van der Waals surface area contributed by atoms with Gasteiger partial charge >= 0.3 is 0 Å². The molecule has 0 radical (unpaired) electrons. The SMILES string of the molecule is COc1cccc(CNC(=O)[C@H]2CCCN(c3ncccc3-c3noc(C4CCC4)n3)C2)c1. The monoisotopic (exact) mass is 447 g/mol. The van der Waals surface area contributed by atoms with E-state index in [0.717, 1.165) is 60.8 Å². The first kappa shape index (κ1) is 21.4. The third-order valence-corrected chi connectivity index (χ3v) is 6.62. The van der Waals surface area contributed by atoms with Gasteiger partial charge in [0, 0.05) is 31.7 Å². The van der Waals surface area contributed by atoms with E-state index < -0.39 is 0 Å². The number of ether oxygens (including phenoxy) is 1. The van der Waals surface area contributed by atoms with Crippen molar-refractivity contribution in [1.29, 1.82) is 0 Å². The molecule has 3 heterocycles. The van der Waals surface area contributed by atoms with E-state index in [1.54, 1.807) is 13.3 Å². The van der Waals surface area contributed by atoms with Crippen molar-refractivity contribution in [3.05, 3.63) is 54.0 Å². The first-order valence-corrected chi connectivity index (χ1v) is 11.7. The van der Waals surface area contributed by atoms with Gasteiger partial charge in [-0.05, 0) is 55.5 Å². The fraction of sp³-hybridized carbons (Fsp3) is 0.440. The Kier molecular flexibility index (Phi) is 6.24. The number of hydrogen-bond donors (Lipinski definition) is 1. The lowest BCUT2D eigenvalue weighted by Crippen LogP contribution is -2.43. The van der Waals surface area contributed by atoms with Crippen LogP contribution in [0.25, 0.3) is 11.4 Å². The predicted molar refractivity (Wildman–Crippen MR) is 124 cm³/mol. The quantitative estimate of drug-likeness (QED) is 0.586. The van der Waals surface area contributed by atoms with Crippen LogP contribution in [-0.4, -0.2) is 41.2 Å². The first-order valence-electron chi connectivity index (χ1n) is 11.7. The number of hydrogen-bond acceptors (Lipinski definition) is 7. The smallest absolute Gasteiger partial charge is 0.230 e. The van der Waals surface area contributed by atoms with Gasteiger partial charge in [0.1, 0.15) is 11.6 Å². The highest BCUT2D eigenvalue weighted by atomic mass is 16.5. The number of carbonyl (C=O) groups excluding carboxylic acids is 1. The molecule has 2 aliphatic rings. The lowest BCUT2D eigenvalue weighted by atomic mass is 9.85. The molecule has 2 aromatic heterocycles. The van der Waals surface area contributed by atoms with Gasteiger partial charge in [0.05, 0.1) is 18.6 Å². The van der Waals surface area contributed by atoms with Crippen molar-refractivity contribution in [2.24, 2.45) is 5.92 Å². The lowest BCUT2D eigenvalue weighted by molar-refractivity contribution is -0.125. The molecule has 1 N–H and O–H groups in total. The van der Waals surface area contributed by atoms with Crippen LogP contribution in [0, 0.1) is 5.92 Å². The van der Waals surface area contributed by atoms with E-state index >= 15 is 0 Å². The van der Waals surface area contributed by atoms with Gasteiger partial charge in [-0.2, -0.15) is 4.98 Å². The number of pyridine rings is 1. The van der Waals surface area contributed by atoms with Crippen LogP contribution in [0.3, 0.4) is 0 Å². The number of amides is 1. The molecule has 0 unspecified atom stereocenters. The molecule has 1 saturated carbocycles. The van der Waals surface area contributed by atoms with E-state index in [1.807, 2.05) is 36.4 Å². The minimum Gasteiger partial charge on any atom is -0.497 e. The Balaban J connectivity index is 1.27. The fourth-order valence-corrected chi connectivity index (χ4v) is 4.49. The average molecular weight is 448 g/mol. The van der Waals surface area contributed by atoms with Crippen LogP contribution < -0.4 is 15.0 Å². The molecule has 5 rings (SSSR count). The summed E-state index contributed by atoms with van der Waals surface area (Å²) in [6.07, 6.45) is 7.00. The molecule has 1 saturated heterocycles.